The predicted molar refractivity (Wildman–Crippen MR) is 171 cm³/mol. The van der Waals surface area contributed by atoms with Crippen LogP contribution in [0.3, 0.4) is 0 Å². The van der Waals surface area contributed by atoms with Gasteiger partial charge in [-0.25, -0.2) is 4.57 Å². The molecule has 3 unspecified atom stereocenters. The lowest BCUT2D eigenvalue weighted by Crippen LogP contribution is -2.34. The molecule has 0 saturated carbocycles. The largest absolute Gasteiger partial charge is 0.480 e. The van der Waals surface area contributed by atoms with Crippen molar-refractivity contribution in [3.05, 3.63) is 12.2 Å². The lowest BCUT2D eigenvalue weighted by molar-refractivity contribution is -0.161. The summed E-state index contributed by atoms with van der Waals surface area (Å²) in [5, 5.41) is 8.77. The summed E-state index contributed by atoms with van der Waals surface area (Å²) in [6.07, 6.45) is 24.2. The second kappa shape index (κ2) is 28.7. The molecule has 0 radical (unpaired) electrons. The Labute approximate surface area is 265 Å². The minimum absolute atomic E-state index is 0.157. The fourth-order valence-corrected chi connectivity index (χ4v) is 5.05. The molecule has 258 valence electrons. The SMILES string of the molecule is CCCCCCCCC/C=C\CCCCCCCCCC(=O)OC(COC(=O)CCCC)COP(=O)(O)OCC(N)C(=O)O. The van der Waals surface area contributed by atoms with Crippen LogP contribution in [-0.4, -0.2) is 59.9 Å². The quantitative estimate of drug-likeness (QED) is 0.0296. The van der Waals surface area contributed by atoms with Crippen LogP contribution in [0.4, 0.5) is 0 Å². The molecule has 0 aliphatic rings. The molecule has 0 heterocycles. The number of carbonyl (C=O) groups excluding carboxylic acids is 2. The van der Waals surface area contributed by atoms with Crippen molar-refractivity contribution >= 4 is 25.7 Å². The molecule has 44 heavy (non-hydrogen) atoms. The highest BCUT2D eigenvalue weighted by Crippen LogP contribution is 2.43. The Morgan fingerprint density at radius 2 is 1.16 bits per heavy atom. The van der Waals surface area contributed by atoms with E-state index in [1.807, 2.05) is 6.92 Å². The van der Waals surface area contributed by atoms with Gasteiger partial charge in [0.25, 0.3) is 0 Å². The molecular weight excluding hydrogens is 589 g/mol. The number of aliphatic carboxylic acids is 1. The zero-order valence-electron chi connectivity index (χ0n) is 27.3. The van der Waals surface area contributed by atoms with Gasteiger partial charge in [0, 0.05) is 12.8 Å². The molecule has 0 bridgehead atoms. The van der Waals surface area contributed by atoms with Crippen LogP contribution in [0.1, 0.15) is 142 Å². The lowest BCUT2D eigenvalue weighted by atomic mass is 10.1. The van der Waals surface area contributed by atoms with Crippen molar-refractivity contribution in [2.45, 2.75) is 154 Å². The Hall–Kier alpha value is -1.78. The molecule has 0 aliphatic heterocycles. The van der Waals surface area contributed by atoms with E-state index in [2.05, 4.69) is 23.6 Å². The van der Waals surface area contributed by atoms with Gasteiger partial charge in [0.1, 0.15) is 12.6 Å². The van der Waals surface area contributed by atoms with E-state index < -0.39 is 51.1 Å². The van der Waals surface area contributed by atoms with Crippen LogP contribution < -0.4 is 5.73 Å². The number of hydrogen-bond donors (Lipinski definition) is 3. The number of ether oxygens (including phenoxy) is 2. The van der Waals surface area contributed by atoms with E-state index in [4.69, 9.17) is 24.8 Å². The maximum atomic E-state index is 12.4. The summed E-state index contributed by atoms with van der Waals surface area (Å²) < 4.78 is 32.0. The van der Waals surface area contributed by atoms with Gasteiger partial charge in [0.2, 0.25) is 0 Å². The van der Waals surface area contributed by atoms with E-state index in [9.17, 15) is 23.8 Å². The number of phosphoric ester groups is 1. The van der Waals surface area contributed by atoms with Gasteiger partial charge in [-0.1, -0.05) is 103 Å². The predicted octanol–water partition coefficient (Wildman–Crippen LogP) is 7.38. The molecule has 0 aliphatic carbocycles. The third-order valence-electron chi connectivity index (χ3n) is 7.01. The lowest BCUT2D eigenvalue weighted by Gasteiger charge is -2.20. The van der Waals surface area contributed by atoms with Crippen LogP contribution in [0.2, 0.25) is 0 Å². The summed E-state index contributed by atoms with van der Waals surface area (Å²) in [5.74, 6) is -2.43. The highest BCUT2D eigenvalue weighted by atomic mass is 31.2. The van der Waals surface area contributed by atoms with Crippen molar-refractivity contribution in [2.24, 2.45) is 5.73 Å². The molecule has 0 aromatic heterocycles. The number of hydrogen-bond acceptors (Lipinski definition) is 9. The molecule has 4 N–H and O–H groups in total. The Morgan fingerprint density at radius 3 is 1.70 bits per heavy atom. The van der Waals surface area contributed by atoms with Gasteiger partial charge >= 0.3 is 25.7 Å². The van der Waals surface area contributed by atoms with Crippen LogP contribution in [-0.2, 0) is 37.5 Å². The molecular formula is C32H60NO10P. The maximum Gasteiger partial charge on any atom is 0.472 e. The molecule has 0 amide bonds. The van der Waals surface area contributed by atoms with Gasteiger partial charge < -0.3 is 25.2 Å². The fourth-order valence-electron chi connectivity index (χ4n) is 4.27. The van der Waals surface area contributed by atoms with Crippen molar-refractivity contribution in [3.8, 4) is 0 Å². The van der Waals surface area contributed by atoms with E-state index >= 15 is 0 Å². The topological polar surface area (TPSA) is 172 Å². The number of phosphoric acid groups is 1. The Kier molecular flexibility index (Phi) is 27.5. The minimum atomic E-state index is -4.68. The van der Waals surface area contributed by atoms with Gasteiger partial charge in [-0.15, -0.1) is 0 Å². The monoisotopic (exact) mass is 649 g/mol. The summed E-state index contributed by atoms with van der Waals surface area (Å²) in [6, 6.07) is -1.52. The Bertz CT molecular complexity index is 823. The minimum Gasteiger partial charge on any atom is -0.480 e. The van der Waals surface area contributed by atoms with Gasteiger partial charge in [0.05, 0.1) is 13.2 Å². The van der Waals surface area contributed by atoms with Crippen LogP contribution in [0.5, 0.6) is 0 Å². The van der Waals surface area contributed by atoms with Gasteiger partial charge in [0.15, 0.2) is 6.10 Å². The van der Waals surface area contributed by atoms with E-state index in [0.29, 0.717) is 12.8 Å². The molecule has 0 aromatic rings. The number of unbranched alkanes of at least 4 members (excludes halogenated alkanes) is 15. The van der Waals surface area contributed by atoms with Crippen LogP contribution in [0, 0.1) is 0 Å². The first-order valence-corrected chi connectivity index (χ1v) is 18.2. The van der Waals surface area contributed by atoms with Crippen molar-refractivity contribution in [1.29, 1.82) is 0 Å². The maximum absolute atomic E-state index is 12.4. The first-order chi connectivity index (χ1) is 21.1. The van der Waals surface area contributed by atoms with Gasteiger partial charge in [-0.05, 0) is 38.5 Å². The Morgan fingerprint density at radius 1 is 0.682 bits per heavy atom. The number of carboxylic acids is 1. The summed E-state index contributed by atoms with van der Waals surface area (Å²) in [6.45, 7) is 2.49. The smallest absolute Gasteiger partial charge is 0.472 e. The number of esters is 2. The zero-order valence-corrected chi connectivity index (χ0v) is 28.2. The third-order valence-corrected chi connectivity index (χ3v) is 7.96. The normalized spacial score (nSPS) is 14.3. The molecule has 0 spiro atoms. The average Bonchev–Trinajstić information content (AvgIpc) is 2.99. The standard InChI is InChI=1S/C32H60NO10P/c1-3-5-7-8-9-10-11-12-13-14-15-16-17-18-19-20-21-22-24-31(35)43-28(25-40-30(34)23-6-4-2)26-41-44(38,39)42-27-29(33)32(36)37/h13-14,28-29H,3-12,15-27,33H2,1-2H3,(H,36,37)(H,38,39)/b14-13-. The summed E-state index contributed by atoms with van der Waals surface area (Å²) in [7, 11) is -4.68. The summed E-state index contributed by atoms with van der Waals surface area (Å²) in [5.41, 5.74) is 5.26. The third kappa shape index (κ3) is 27.7. The number of carbonyl (C=O) groups is 3. The van der Waals surface area contributed by atoms with E-state index in [1.54, 1.807) is 0 Å². The average molecular weight is 650 g/mol. The van der Waals surface area contributed by atoms with Crippen molar-refractivity contribution in [3.63, 3.8) is 0 Å². The second-order valence-corrected chi connectivity index (χ2v) is 12.8. The van der Waals surface area contributed by atoms with E-state index in [1.165, 1.54) is 70.6 Å². The number of rotatable bonds is 31. The first kappa shape index (κ1) is 42.2. The molecule has 0 rings (SSSR count). The molecule has 0 fully saturated rings. The second-order valence-electron chi connectivity index (χ2n) is 11.3. The van der Waals surface area contributed by atoms with Gasteiger partial charge in [-0.2, -0.15) is 0 Å². The van der Waals surface area contributed by atoms with E-state index in [0.717, 1.165) is 32.1 Å². The van der Waals surface area contributed by atoms with Crippen LogP contribution in [0.15, 0.2) is 12.2 Å². The number of allylic oxidation sites excluding steroid dienone is 2. The molecule has 0 aromatic carbocycles. The highest BCUT2D eigenvalue weighted by Gasteiger charge is 2.28. The molecule has 12 heteroatoms. The number of carboxylic acid groups (broad SMARTS) is 1. The summed E-state index contributed by atoms with van der Waals surface area (Å²) >= 11 is 0. The van der Waals surface area contributed by atoms with Crippen molar-refractivity contribution < 1.29 is 47.5 Å². The van der Waals surface area contributed by atoms with Gasteiger partial charge in [-0.3, -0.25) is 23.4 Å². The molecule has 3 atom stereocenters. The van der Waals surface area contributed by atoms with Crippen molar-refractivity contribution in [2.75, 3.05) is 19.8 Å². The molecule has 0 saturated heterocycles. The molecule has 11 nitrogen and oxygen atoms in total. The highest BCUT2D eigenvalue weighted by molar-refractivity contribution is 7.47. The summed E-state index contributed by atoms with van der Waals surface area (Å²) in [4.78, 5) is 44.8. The van der Waals surface area contributed by atoms with Crippen molar-refractivity contribution in [1.82, 2.24) is 0 Å². The van der Waals surface area contributed by atoms with E-state index in [-0.39, 0.29) is 19.4 Å². The van der Waals surface area contributed by atoms with Crippen LogP contribution >= 0.6 is 7.82 Å². The fraction of sp³-hybridized carbons (Fsp3) is 0.844. The Balaban J connectivity index is 4.17. The zero-order chi connectivity index (χ0) is 32.9. The number of nitrogens with two attached hydrogens (primary N) is 1. The first-order valence-electron chi connectivity index (χ1n) is 16.7. The van der Waals surface area contributed by atoms with Crippen LogP contribution in [0.25, 0.3) is 0 Å².